The van der Waals surface area contributed by atoms with Crippen molar-refractivity contribution in [2.24, 2.45) is 17.3 Å². The number of ether oxygens (including phenoxy) is 9. The molecule has 30 heteroatoms. The molecule has 0 aliphatic carbocycles. The van der Waals surface area contributed by atoms with Crippen LogP contribution in [0, 0.1) is 17.3 Å². The molecule has 0 aromatic rings. The molecule has 0 aromatic carbocycles. The van der Waals surface area contributed by atoms with Crippen molar-refractivity contribution in [3.8, 4) is 0 Å². The number of amides is 4. The Balaban J connectivity index is 1.43. The maximum absolute atomic E-state index is 12.9. The highest BCUT2D eigenvalue weighted by molar-refractivity contribution is 5.80. The number of unbranched alkanes of at least 4 members (excludes halogenated alkanes) is 4. The van der Waals surface area contributed by atoms with Gasteiger partial charge in [-0.2, -0.15) is 0 Å². The Morgan fingerprint density at radius 3 is 1.13 bits per heavy atom. The fourth-order valence-electron chi connectivity index (χ4n) is 10.9. The molecule has 16 atom stereocenters. The fraction of sp³-hybridized carbons (Fsp3) is 0.871. The quantitative estimate of drug-likeness (QED) is 0.0300. The summed E-state index contributed by atoms with van der Waals surface area (Å²) in [7, 11) is 0. The van der Waals surface area contributed by atoms with Crippen LogP contribution >= 0.6 is 0 Å². The summed E-state index contributed by atoms with van der Waals surface area (Å²) in [6.45, 7) is 7.51. The van der Waals surface area contributed by atoms with Crippen molar-refractivity contribution in [3.05, 3.63) is 0 Å². The van der Waals surface area contributed by atoms with Gasteiger partial charge < -0.3 is 110 Å². The maximum atomic E-state index is 12.9. The Bertz CT molecular complexity index is 2080. The van der Waals surface area contributed by atoms with E-state index >= 15 is 0 Å². The van der Waals surface area contributed by atoms with Gasteiger partial charge >= 0.3 is 0 Å². The van der Waals surface area contributed by atoms with Gasteiger partial charge in [-0.1, -0.05) is 27.2 Å². The van der Waals surface area contributed by atoms with Crippen LogP contribution in [0.3, 0.4) is 0 Å². The highest BCUT2D eigenvalue weighted by Gasteiger charge is 2.47. The van der Waals surface area contributed by atoms with Crippen LogP contribution in [0.5, 0.6) is 0 Å². The molecule has 3 heterocycles. The highest BCUT2D eigenvalue weighted by Crippen LogP contribution is 2.31. The minimum atomic E-state index is -1.49. The molecule has 7 unspecified atom stereocenters. The van der Waals surface area contributed by atoms with E-state index in [-0.39, 0.29) is 158 Å². The van der Waals surface area contributed by atoms with Crippen molar-refractivity contribution >= 4 is 46.8 Å². The zero-order valence-corrected chi connectivity index (χ0v) is 54.3. The molecule has 0 spiro atoms. The van der Waals surface area contributed by atoms with Gasteiger partial charge in [0, 0.05) is 96.1 Å². The molecule has 30 nitrogen and oxygen atoms in total. The van der Waals surface area contributed by atoms with Gasteiger partial charge in [-0.15, -0.1) is 0 Å². The van der Waals surface area contributed by atoms with Crippen molar-refractivity contribution in [3.63, 3.8) is 0 Å². The molecular formula is C62H108N4O26. The Hall–Kier alpha value is -4.16. The van der Waals surface area contributed by atoms with Gasteiger partial charge in [0.05, 0.1) is 91.8 Å². The highest BCUT2D eigenvalue weighted by atomic mass is 16.7. The maximum Gasteiger partial charge on any atom is 0.222 e. The standard InChI is InChI=1S/C62H108N4O26/c1-38(2)31-62(35-84-25-17-42(72)13-7-6-8-14-44(74)19-28-87-59-39(3)53(78)54(79)46(32-67)90-59,36-85-26-18-43(73)15-9-11-24-64-50(77)22-30-89-61-52(66-41(5)71)58(83)56(81)48(34-69)92-61)37-86-27-21-49(76)63-23-12-10-16-45(75)20-29-88-60-51(65-40(4)70)57(82)55(80)47(33-68)91-60/h38-39,46-48,51-61,67-69,78-83H,6-37H2,1-5H3,(H,63,76)(H,64,77)(H,65,70)(H,66,71)/t39?,46?,47?,48?,51?,52?,53-,54+,55+,56+,57-,58-,59-,60-,61-,62?/m1/s1. The molecule has 0 bridgehead atoms. The topological polar surface area (TPSA) is 450 Å². The van der Waals surface area contributed by atoms with Crippen LogP contribution in [0.25, 0.3) is 0 Å². The Kier molecular flexibility index (Phi) is 40.4. The third-order valence-corrected chi connectivity index (χ3v) is 16.0. The Morgan fingerprint density at radius 1 is 0.424 bits per heavy atom. The van der Waals surface area contributed by atoms with Gasteiger partial charge in [0.2, 0.25) is 23.6 Å². The van der Waals surface area contributed by atoms with E-state index in [4.69, 9.17) is 42.6 Å². The number of carbonyl (C=O) groups excluding carboxylic acids is 8. The largest absolute Gasteiger partial charge is 0.394 e. The van der Waals surface area contributed by atoms with Gasteiger partial charge in [-0.3, -0.25) is 38.4 Å². The van der Waals surface area contributed by atoms with Gasteiger partial charge in [-0.25, -0.2) is 0 Å². The molecule has 92 heavy (non-hydrogen) atoms. The van der Waals surface area contributed by atoms with Crippen LogP contribution in [0.2, 0.25) is 0 Å². The first-order valence-electron chi connectivity index (χ1n) is 32.4. The van der Waals surface area contributed by atoms with Crippen molar-refractivity contribution in [1.29, 1.82) is 0 Å². The summed E-state index contributed by atoms with van der Waals surface area (Å²) in [5, 5.41) is 101. The number of carbonyl (C=O) groups is 8. The zero-order valence-electron chi connectivity index (χ0n) is 54.3. The zero-order chi connectivity index (χ0) is 68.2. The van der Waals surface area contributed by atoms with Gasteiger partial charge in [0.15, 0.2) is 18.9 Å². The lowest BCUT2D eigenvalue weighted by atomic mass is 9.82. The first-order valence-corrected chi connectivity index (χ1v) is 32.4. The van der Waals surface area contributed by atoms with E-state index in [1.807, 2.05) is 13.8 Å². The summed E-state index contributed by atoms with van der Waals surface area (Å²) in [5.41, 5.74) is -0.729. The average Bonchev–Trinajstić information content (AvgIpc) is 0.922. The first-order chi connectivity index (χ1) is 43.8. The number of hydrogen-bond acceptors (Lipinski definition) is 26. The summed E-state index contributed by atoms with van der Waals surface area (Å²) in [5.74, 6) is -2.29. The Morgan fingerprint density at radius 2 is 0.750 bits per heavy atom. The van der Waals surface area contributed by atoms with E-state index in [1.165, 1.54) is 13.8 Å². The minimum Gasteiger partial charge on any atom is -0.394 e. The van der Waals surface area contributed by atoms with Crippen LogP contribution in [-0.2, 0) is 81.0 Å². The number of aliphatic hydroxyl groups is 9. The molecule has 3 fully saturated rings. The van der Waals surface area contributed by atoms with E-state index in [2.05, 4.69) is 21.3 Å². The van der Waals surface area contributed by atoms with Crippen LogP contribution in [0.15, 0.2) is 0 Å². The summed E-state index contributed by atoms with van der Waals surface area (Å²) in [4.78, 5) is 99.8. The third-order valence-electron chi connectivity index (χ3n) is 16.0. The van der Waals surface area contributed by atoms with Gasteiger partial charge in [0.25, 0.3) is 0 Å². The van der Waals surface area contributed by atoms with E-state index in [0.717, 1.165) is 0 Å². The van der Waals surface area contributed by atoms with Crippen molar-refractivity contribution < 1.29 is 127 Å². The second-order valence-electron chi connectivity index (χ2n) is 24.6. The molecule has 0 radical (unpaired) electrons. The SMILES string of the molecule is CC(=O)NC1[C@H](OCCC(=O)CCCCNC(=O)CCOCC(COCCC(=O)CCCCCC(=O)CCO[C@@H]2OC(CO)[C@H](O)[C@H](O)C2C)(COCCC(=O)CCCCNC(=O)CCO[C@@H]2OC(CO)[C@H](O)[C@H](O)C2NC(C)=O)CC(C)C)OC(CO)[C@H](O)[C@@H]1O. The second-order valence-corrected chi connectivity index (χ2v) is 24.6. The van der Waals surface area contributed by atoms with E-state index in [0.29, 0.717) is 70.8 Å². The number of hydrogen-bond donors (Lipinski definition) is 13. The lowest BCUT2D eigenvalue weighted by Crippen LogP contribution is -2.64. The van der Waals surface area contributed by atoms with Crippen molar-refractivity contribution in [2.45, 2.75) is 236 Å². The molecule has 0 saturated carbocycles. The molecule has 3 aliphatic heterocycles. The lowest BCUT2D eigenvalue weighted by Gasteiger charge is -2.42. The third kappa shape index (κ3) is 31.1. The van der Waals surface area contributed by atoms with E-state index in [9.17, 15) is 84.3 Å². The fourth-order valence-corrected chi connectivity index (χ4v) is 10.9. The number of ketones is 4. The smallest absolute Gasteiger partial charge is 0.222 e. The van der Waals surface area contributed by atoms with Crippen LogP contribution in [-0.4, -0.2) is 271 Å². The summed E-state index contributed by atoms with van der Waals surface area (Å²) >= 11 is 0. The predicted octanol–water partition coefficient (Wildman–Crippen LogP) is -1.78. The molecule has 0 aromatic heterocycles. The second kappa shape index (κ2) is 45.3. The Labute approximate surface area is 539 Å². The summed E-state index contributed by atoms with van der Waals surface area (Å²) < 4.78 is 51.9. The molecular weight excluding hydrogens is 1220 g/mol. The number of rotatable bonds is 50. The van der Waals surface area contributed by atoms with Crippen LogP contribution < -0.4 is 21.3 Å². The van der Waals surface area contributed by atoms with Crippen molar-refractivity contribution in [2.75, 3.05) is 92.4 Å². The monoisotopic (exact) mass is 1320 g/mol. The molecule has 3 aliphatic rings. The van der Waals surface area contributed by atoms with E-state index < -0.39 is 129 Å². The van der Waals surface area contributed by atoms with Crippen LogP contribution in [0.4, 0.5) is 0 Å². The average molecular weight is 1330 g/mol. The van der Waals surface area contributed by atoms with Crippen molar-refractivity contribution in [1.82, 2.24) is 21.3 Å². The minimum absolute atomic E-state index is 0.00410. The normalized spacial score (nSPS) is 27.2. The summed E-state index contributed by atoms with van der Waals surface area (Å²) in [6, 6.07) is -2.26. The molecule has 13 N–H and O–H groups in total. The first kappa shape index (κ1) is 82.1. The molecule has 532 valence electrons. The summed E-state index contributed by atoms with van der Waals surface area (Å²) in [6.07, 6.45) is -9.21. The number of Topliss-reactive ketones (excluding diaryl/α,β-unsaturated/α-hetero) is 4. The van der Waals surface area contributed by atoms with Gasteiger partial charge in [0.1, 0.15) is 84.0 Å². The molecule has 3 saturated heterocycles. The molecule has 4 amide bonds. The predicted molar refractivity (Wildman–Crippen MR) is 324 cm³/mol. The number of aliphatic hydroxyl groups excluding tert-OH is 9. The number of nitrogens with one attached hydrogen (secondary N) is 4. The van der Waals surface area contributed by atoms with E-state index in [1.54, 1.807) is 6.92 Å². The van der Waals surface area contributed by atoms with Crippen LogP contribution in [0.1, 0.15) is 150 Å². The lowest BCUT2D eigenvalue weighted by molar-refractivity contribution is -0.282. The van der Waals surface area contributed by atoms with Gasteiger partial charge in [-0.05, 0) is 50.9 Å². The molecule has 3 rings (SSSR count).